The highest BCUT2D eigenvalue weighted by atomic mass is 35.5. The van der Waals surface area contributed by atoms with Crippen LogP contribution in [0.15, 0.2) is 24.3 Å². The van der Waals surface area contributed by atoms with Crippen molar-refractivity contribution in [2.75, 3.05) is 6.61 Å². The van der Waals surface area contributed by atoms with Crippen molar-refractivity contribution in [2.45, 2.75) is 20.4 Å². The third-order valence-corrected chi connectivity index (χ3v) is 2.74. The zero-order valence-electron chi connectivity index (χ0n) is 9.85. The largest absolute Gasteiger partial charge is 0.492 e. The number of hydrogen-bond acceptors (Lipinski definition) is 3. The fourth-order valence-electron chi connectivity index (χ4n) is 1.57. The fraction of sp³-hybridized carbons (Fsp3) is 0.333. The van der Waals surface area contributed by atoms with E-state index in [0.29, 0.717) is 18.4 Å². The Balaban J connectivity index is 1.92. The van der Waals surface area contributed by atoms with Gasteiger partial charge in [0.1, 0.15) is 18.2 Å². The Morgan fingerprint density at radius 3 is 2.76 bits per heavy atom. The van der Waals surface area contributed by atoms with Gasteiger partial charge in [-0.25, -0.2) is 0 Å². The van der Waals surface area contributed by atoms with Crippen LogP contribution in [0.4, 0.5) is 0 Å². The number of ether oxygens (including phenoxy) is 1. The molecule has 0 aliphatic rings. The van der Waals surface area contributed by atoms with Gasteiger partial charge in [0.2, 0.25) is 5.28 Å². The summed E-state index contributed by atoms with van der Waals surface area (Å²) in [6.07, 6.45) is 0. The quantitative estimate of drug-likeness (QED) is 0.839. The van der Waals surface area contributed by atoms with Crippen molar-refractivity contribution in [2.24, 2.45) is 0 Å². The van der Waals surface area contributed by atoms with Gasteiger partial charge in [-0.15, -0.1) is 10.2 Å². The SMILES string of the molecule is Cc1cccc(OCCn2c(C)nnc2Cl)c1. The van der Waals surface area contributed by atoms with Crippen LogP contribution in [0.2, 0.25) is 5.28 Å². The van der Waals surface area contributed by atoms with Crippen molar-refractivity contribution in [3.05, 3.63) is 40.9 Å². The lowest BCUT2D eigenvalue weighted by Gasteiger charge is -2.08. The van der Waals surface area contributed by atoms with Crippen molar-refractivity contribution in [1.29, 1.82) is 0 Å². The van der Waals surface area contributed by atoms with Gasteiger partial charge in [0.25, 0.3) is 0 Å². The van der Waals surface area contributed by atoms with E-state index >= 15 is 0 Å². The maximum Gasteiger partial charge on any atom is 0.225 e. The van der Waals surface area contributed by atoms with Gasteiger partial charge < -0.3 is 4.74 Å². The Bertz CT molecular complexity index is 491. The number of aromatic nitrogens is 3. The van der Waals surface area contributed by atoms with Crippen LogP contribution in [0.3, 0.4) is 0 Å². The number of hydrogen-bond donors (Lipinski definition) is 0. The first-order valence-corrected chi connectivity index (χ1v) is 5.79. The molecule has 90 valence electrons. The van der Waals surface area contributed by atoms with Gasteiger partial charge in [-0.1, -0.05) is 12.1 Å². The molecule has 0 atom stereocenters. The summed E-state index contributed by atoms with van der Waals surface area (Å²) in [4.78, 5) is 0. The lowest BCUT2D eigenvalue weighted by molar-refractivity contribution is 0.297. The maximum absolute atomic E-state index is 5.89. The molecule has 0 saturated heterocycles. The Hall–Kier alpha value is -1.55. The van der Waals surface area contributed by atoms with Gasteiger partial charge in [-0.05, 0) is 43.1 Å². The maximum atomic E-state index is 5.89. The van der Waals surface area contributed by atoms with E-state index in [0.717, 1.165) is 11.6 Å². The topological polar surface area (TPSA) is 39.9 Å². The van der Waals surface area contributed by atoms with Crippen LogP contribution in [0.1, 0.15) is 11.4 Å². The minimum absolute atomic E-state index is 0.398. The van der Waals surface area contributed by atoms with E-state index in [1.54, 1.807) is 0 Å². The third kappa shape index (κ3) is 2.97. The number of nitrogens with zero attached hydrogens (tertiary/aromatic N) is 3. The normalized spacial score (nSPS) is 10.5. The molecule has 0 bridgehead atoms. The smallest absolute Gasteiger partial charge is 0.225 e. The van der Waals surface area contributed by atoms with Gasteiger partial charge in [0.05, 0.1) is 6.54 Å². The van der Waals surface area contributed by atoms with Gasteiger partial charge in [-0.3, -0.25) is 4.57 Å². The molecule has 1 heterocycles. The van der Waals surface area contributed by atoms with E-state index in [1.165, 1.54) is 5.56 Å². The van der Waals surface area contributed by atoms with E-state index in [-0.39, 0.29) is 0 Å². The van der Waals surface area contributed by atoms with E-state index < -0.39 is 0 Å². The third-order valence-electron chi connectivity index (χ3n) is 2.46. The predicted molar refractivity (Wildman–Crippen MR) is 66.4 cm³/mol. The zero-order valence-corrected chi connectivity index (χ0v) is 10.6. The molecule has 5 heteroatoms. The molecular formula is C12H14ClN3O. The van der Waals surface area contributed by atoms with Gasteiger partial charge >= 0.3 is 0 Å². The molecule has 1 aromatic carbocycles. The summed E-state index contributed by atoms with van der Waals surface area (Å²) in [6.45, 7) is 5.09. The summed E-state index contributed by atoms with van der Waals surface area (Å²) in [5, 5.41) is 8.06. The molecule has 0 radical (unpaired) electrons. The number of rotatable bonds is 4. The minimum Gasteiger partial charge on any atom is -0.492 e. The molecule has 0 fully saturated rings. The number of aryl methyl sites for hydroxylation is 2. The van der Waals surface area contributed by atoms with E-state index in [2.05, 4.69) is 10.2 Å². The van der Waals surface area contributed by atoms with Crippen molar-refractivity contribution in [3.8, 4) is 5.75 Å². The van der Waals surface area contributed by atoms with Crippen LogP contribution in [-0.2, 0) is 6.54 Å². The van der Waals surface area contributed by atoms with Crippen LogP contribution >= 0.6 is 11.6 Å². The number of benzene rings is 1. The highest BCUT2D eigenvalue weighted by Gasteiger charge is 2.05. The second kappa shape index (κ2) is 5.19. The van der Waals surface area contributed by atoms with Gasteiger partial charge in [-0.2, -0.15) is 0 Å². The fourth-order valence-corrected chi connectivity index (χ4v) is 1.81. The highest BCUT2D eigenvalue weighted by Crippen LogP contribution is 2.13. The Morgan fingerprint density at radius 1 is 1.29 bits per heavy atom. The molecule has 0 unspecified atom stereocenters. The monoisotopic (exact) mass is 251 g/mol. The highest BCUT2D eigenvalue weighted by molar-refractivity contribution is 6.28. The summed E-state index contributed by atoms with van der Waals surface area (Å²) in [6, 6.07) is 7.95. The van der Waals surface area contributed by atoms with Crippen LogP contribution in [0.5, 0.6) is 5.75 Å². The van der Waals surface area contributed by atoms with Gasteiger partial charge in [0, 0.05) is 0 Å². The zero-order chi connectivity index (χ0) is 12.3. The van der Waals surface area contributed by atoms with Crippen molar-refractivity contribution < 1.29 is 4.74 Å². The average molecular weight is 252 g/mol. The van der Waals surface area contributed by atoms with Crippen molar-refractivity contribution in [3.63, 3.8) is 0 Å². The molecule has 0 amide bonds. The molecule has 1 aromatic heterocycles. The molecule has 2 rings (SSSR count). The Morgan fingerprint density at radius 2 is 2.12 bits per heavy atom. The first kappa shape index (κ1) is 11.9. The molecule has 0 N–H and O–H groups in total. The van der Waals surface area contributed by atoms with E-state index in [9.17, 15) is 0 Å². The van der Waals surface area contributed by atoms with Crippen LogP contribution in [-0.4, -0.2) is 21.4 Å². The standard InChI is InChI=1S/C12H14ClN3O/c1-9-4-3-5-11(8-9)17-7-6-16-10(2)14-15-12(16)13/h3-5,8H,6-7H2,1-2H3. The van der Waals surface area contributed by atoms with Gasteiger partial charge in [0.15, 0.2) is 0 Å². The lowest BCUT2D eigenvalue weighted by atomic mass is 10.2. The minimum atomic E-state index is 0.398. The van der Waals surface area contributed by atoms with Crippen LogP contribution < -0.4 is 4.74 Å². The number of halogens is 1. The second-order valence-corrected chi connectivity index (χ2v) is 4.17. The second-order valence-electron chi connectivity index (χ2n) is 3.83. The Kier molecular flexibility index (Phi) is 3.64. The average Bonchev–Trinajstić information content (AvgIpc) is 2.61. The predicted octanol–water partition coefficient (Wildman–Crippen LogP) is 2.63. The molecular weight excluding hydrogens is 238 g/mol. The van der Waals surface area contributed by atoms with E-state index in [1.807, 2.05) is 42.7 Å². The van der Waals surface area contributed by atoms with Crippen molar-refractivity contribution >= 4 is 11.6 Å². The molecule has 0 saturated carbocycles. The first-order valence-electron chi connectivity index (χ1n) is 5.41. The van der Waals surface area contributed by atoms with Crippen molar-refractivity contribution in [1.82, 2.24) is 14.8 Å². The molecule has 0 aliphatic carbocycles. The first-order chi connectivity index (χ1) is 8.16. The van der Waals surface area contributed by atoms with Crippen LogP contribution in [0.25, 0.3) is 0 Å². The summed E-state index contributed by atoms with van der Waals surface area (Å²) in [7, 11) is 0. The Labute approximate surface area is 105 Å². The lowest BCUT2D eigenvalue weighted by Crippen LogP contribution is -2.09. The summed E-state index contributed by atoms with van der Waals surface area (Å²) in [5.74, 6) is 1.66. The molecule has 0 spiro atoms. The molecule has 2 aromatic rings. The summed E-state index contributed by atoms with van der Waals surface area (Å²) >= 11 is 5.89. The summed E-state index contributed by atoms with van der Waals surface area (Å²) < 4.78 is 7.45. The van der Waals surface area contributed by atoms with Crippen LogP contribution in [0, 0.1) is 13.8 Å². The molecule has 17 heavy (non-hydrogen) atoms. The molecule has 0 aliphatic heterocycles. The van der Waals surface area contributed by atoms with E-state index in [4.69, 9.17) is 16.3 Å². The summed E-state index contributed by atoms with van der Waals surface area (Å²) in [5.41, 5.74) is 1.18. The molecule has 4 nitrogen and oxygen atoms in total.